The zero-order valence-corrected chi connectivity index (χ0v) is 9.71. The number of thiol groups is 2. The normalized spacial score (nSPS) is 21.2. The van der Waals surface area contributed by atoms with Crippen molar-refractivity contribution in [1.82, 2.24) is 0 Å². The summed E-state index contributed by atoms with van der Waals surface area (Å²) in [6.45, 7) is 2.21. The summed E-state index contributed by atoms with van der Waals surface area (Å²) in [4.78, 5) is 0. The van der Waals surface area contributed by atoms with Gasteiger partial charge in [0.15, 0.2) is 0 Å². The van der Waals surface area contributed by atoms with E-state index >= 15 is 0 Å². The highest BCUT2D eigenvalue weighted by atomic mass is 32.2. The molecular formula is C10H20S2. The molecule has 1 fully saturated rings. The van der Waals surface area contributed by atoms with Gasteiger partial charge in [-0.2, -0.15) is 25.3 Å². The first kappa shape index (κ1) is 10.8. The van der Waals surface area contributed by atoms with Gasteiger partial charge in [0.25, 0.3) is 0 Å². The van der Waals surface area contributed by atoms with Gasteiger partial charge in [0.05, 0.1) is 4.08 Å². The second-order valence-electron chi connectivity index (χ2n) is 3.96. The van der Waals surface area contributed by atoms with E-state index in [1.54, 1.807) is 0 Å². The molecule has 0 aromatic heterocycles. The lowest BCUT2D eigenvalue weighted by Gasteiger charge is -2.35. The van der Waals surface area contributed by atoms with Crippen LogP contribution in [-0.2, 0) is 0 Å². The molecule has 0 saturated heterocycles. The fourth-order valence-electron chi connectivity index (χ4n) is 2.14. The number of hydrogen-bond acceptors (Lipinski definition) is 2. The van der Waals surface area contributed by atoms with Crippen molar-refractivity contribution in [2.45, 2.75) is 55.9 Å². The zero-order chi connectivity index (χ0) is 9.03. The highest BCUT2D eigenvalue weighted by molar-refractivity contribution is 8.00. The summed E-state index contributed by atoms with van der Waals surface area (Å²) in [6.07, 6.45) is 9.21. The first-order valence-corrected chi connectivity index (χ1v) is 6.01. The van der Waals surface area contributed by atoms with Crippen LogP contribution in [-0.4, -0.2) is 4.08 Å². The summed E-state index contributed by atoms with van der Waals surface area (Å²) >= 11 is 9.35. The Balaban J connectivity index is 2.41. The zero-order valence-electron chi connectivity index (χ0n) is 7.92. The van der Waals surface area contributed by atoms with E-state index in [1.165, 1.54) is 38.5 Å². The van der Waals surface area contributed by atoms with Crippen molar-refractivity contribution in [1.29, 1.82) is 0 Å². The van der Waals surface area contributed by atoms with Gasteiger partial charge in [-0.05, 0) is 25.2 Å². The van der Waals surface area contributed by atoms with E-state index < -0.39 is 0 Å². The van der Waals surface area contributed by atoms with Crippen LogP contribution >= 0.6 is 25.3 Å². The maximum Gasteiger partial charge on any atom is 0.0579 e. The third-order valence-electron chi connectivity index (χ3n) is 2.88. The van der Waals surface area contributed by atoms with Gasteiger partial charge in [-0.3, -0.25) is 0 Å². The Bertz CT molecular complexity index is 126. The van der Waals surface area contributed by atoms with Crippen LogP contribution in [0.4, 0.5) is 0 Å². The Hall–Kier alpha value is 0.700. The Morgan fingerprint density at radius 1 is 1.17 bits per heavy atom. The van der Waals surface area contributed by atoms with E-state index in [0.29, 0.717) is 0 Å². The Labute approximate surface area is 87.3 Å². The molecule has 0 radical (unpaired) electrons. The Morgan fingerprint density at radius 3 is 2.25 bits per heavy atom. The van der Waals surface area contributed by atoms with Crippen molar-refractivity contribution >= 4 is 25.3 Å². The third-order valence-corrected chi connectivity index (χ3v) is 4.05. The van der Waals surface area contributed by atoms with Crippen molar-refractivity contribution < 1.29 is 0 Å². The highest BCUT2D eigenvalue weighted by Crippen LogP contribution is 2.42. The molecule has 0 heterocycles. The second kappa shape index (κ2) is 4.80. The Morgan fingerprint density at radius 2 is 1.75 bits per heavy atom. The molecule has 72 valence electrons. The van der Waals surface area contributed by atoms with Crippen molar-refractivity contribution in [3.63, 3.8) is 0 Å². The van der Waals surface area contributed by atoms with Crippen LogP contribution in [0.3, 0.4) is 0 Å². The minimum atomic E-state index is 0.00910. The van der Waals surface area contributed by atoms with Crippen molar-refractivity contribution in [2.24, 2.45) is 5.92 Å². The fraction of sp³-hybridized carbons (Fsp3) is 1.00. The van der Waals surface area contributed by atoms with Gasteiger partial charge in [0.2, 0.25) is 0 Å². The SMILES string of the molecule is CCCC(S)(S)C1CCCCC1. The molecule has 1 aliphatic carbocycles. The predicted octanol–water partition coefficient (Wildman–Crippen LogP) is 3.92. The van der Waals surface area contributed by atoms with Gasteiger partial charge in [0, 0.05) is 0 Å². The minimum absolute atomic E-state index is 0.00910. The fourth-order valence-corrected chi connectivity index (χ4v) is 3.10. The average molecular weight is 204 g/mol. The topological polar surface area (TPSA) is 0 Å². The summed E-state index contributed by atoms with van der Waals surface area (Å²) in [5.41, 5.74) is 0. The van der Waals surface area contributed by atoms with Crippen molar-refractivity contribution in [2.75, 3.05) is 0 Å². The van der Waals surface area contributed by atoms with Crippen LogP contribution in [0.2, 0.25) is 0 Å². The second-order valence-corrected chi connectivity index (χ2v) is 5.91. The quantitative estimate of drug-likeness (QED) is 0.505. The molecular weight excluding hydrogens is 184 g/mol. The standard InChI is InChI=1S/C10H20S2/c1-2-8-10(11,12)9-6-4-3-5-7-9/h9,11-12H,2-8H2,1H3. The van der Waals surface area contributed by atoms with E-state index in [-0.39, 0.29) is 4.08 Å². The van der Waals surface area contributed by atoms with Gasteiger partial charge >= 0.3 is 0 Å². The molecule has 0 N–H and O–H groups in total. The molecule has 1 rings (SSSR count). The molecule has 2 heteroatoms. The molecule has 0 aromatic rings. The maximum atomic E-state index is 4.67. The highest BCUT2D eigenvalue weighted by Gasteiger charge is 2.31. The third kappa shape index (κ3) is 2.88. The van der Waals surface area contributed by atoms with Gasteiger partial charge in [0.1, 0.15) is 0 Å². The van der Waals surface area contributed by atoms with Crippen molar-refractivity contribution in [3.8, 4) is 0 Å². The molecule has 1 saturated carbocycles. The van der Waals surface area contributed by atoms with E-state index in [0.717, 1.165) is 12.3 Å². The average Bonchev–Trinajstić information content (AvgIpc) is 2.06. The van der Waals surface area contributed by atoms with Crippen molar-refractivity contribution in [3.05, 3.63) is 0 Å². The number of hydrogen-bond donors (Lipinski definition) is 2. The molecule has 0 aliphatic heterocycles. The molecule has 1 aliphatic rings. The first-order chi connectivity index (χ1) is 5.67. The van der Waals surface area contributed by atoms with E-state index in [9.17, 15) is 0 Å². The predicted molar refractivity (Wildman–Crippen MR) is 62.2 cm³/mol. The molecule has 0 atom stereocenters. The summed E-state index contributed by atoms with van der Waals surface area (Å²) in [5, 5.41) is 0. The molecule has 12 heavy (non-hydrogen) atoms. The van der Waals surface area contributed by atoms with Crippen LogP contribution in [0, 0.1) is 5.92 Å². The lowest BCUT2D eigenvalue weighted by Crippen LogP contribution is -2.27. The summed E-state index contributed by atoms with van der Waals surface area (Å²) in [5.74, 6) is 0.748. The lowest BCUT2D eigenvalue weighted by molar-refractivity contribution is 0.326. The molecule has 0 unspecified atom stereocenters. The summed E-state index contributed by atoms with van der Waals surface area (Å²) < 4.78 is 0.00910. The molecule has 0 aromatic carbocycles. The maximum absolute atomic E-state index is 4.67. The van der Waals surface area contributed by atoms with Crippen LogP contribution < -0.4 is 0 Å². The molecule has 0 bridgehead atoms. The summed E-state index contributed by atoms with van der Waals surface area (Å²) in [6, 6.07) is 0. The van der Waals surface area contributed by atoms with Gasteiger partial charge in [-0.25, -0.2) is 0 Å². The van der Waals surface area contributed by atoms with Crippen LogP contribution in [0.1, 0.15) is 51.9 Å². The molecule has 0 nitrogen and oxygen atoms in total. The minimum Gasteiger partial charge on any atom is -0.162 e. The molecule has 0 amide bonds. The van der Waals surface area contributed by atoms with E-state index in [2.05, 4.69) is 32.2 Å². The Kier molecular flexibility index (Phi) is 4.31. The van der Waals surface area contributed by atoms with Gasteiger partial charge < -0.3 is 0 Å². The largest absolute Gasteiger partial charge is 0.162 e. The van der Waals surface area contributed by atoms with Gasteiger partial charge in [-0.1, -0.05) is 32.6 Å². The first-order valence-electron chi connectivity index (χ1n) is 5.11. The number of rotatable bonds is 3. The van der Waals surface area contributed by atoms with Crippen LogP contribution in [0.25, 0.3) is 0 Å². The lowest BCUT2D eigenvalue weighted by atomic mass is 9.85. The smallest absolute Gasteiger partial charge is 0.0579 e. The van der Waals surface area contributed by atoms with Crippen LogP contribution in [0.15, 0.2) is 0 Å². The van der Waals surface area contributed by atoms with E-state index in [1.807, 2.05) is 0 Å². The molecule has 0 spiro atoms. The van der Waals surface area contributed by atoms with Crippen LogP contribution in [0.5, 0.6) is 0 Å². The summed E-state index contributed by atoms with van der Waals surface area (Å²) in [7, 11) is 0. The van der Waals surface area contributed by atoms with Gasteiger partial charge in [-0.15, -0.1) is 0 Å². The van der Waals surface area contributed by atoms with E-state index in [4.69, 9.17) is 0 Å². The monoisotopic (exact) mass is 204 g/mol.